The van der Waals surface area contributed by atoms with Gasteiger partial charge in [-0.25, -0.2) is 4.98 Å². The number of aryl methyl sites for hydroxylation is 1. The SMILES string of the molecule is CCc1ccccc1NC(=O)CN(C)C(C)c1nc2ccccc2n1C(F)F. The van der Waals surface area contributed by atoms with Gasteiger partial charge in [-0.05, 0) is 44.2 Å². The molecule has 148 valence electrons. The highest BCUT2D eigenvalue weighted by molar-refractivity contribution is 5.93. The Bertz CT molecular complexity index is 970. The average Bonchev–Trinajstić information content (AvgIpc) is 3.07. The van der Waals surface area contributed by atoms with Crippen LogP contribution < -0.4 is 5.32 Å². The van der Waals surface area contributed by atoms with Crippen molar-refractivity contribution in [3.05, 3.63) is 59.9 Å². The molecule has 0 aliphatic rings. The van der Waals surface area contributed by atoms with Gasteiger partial charge >= 0.3 is 6.55 Å². The van der Waals surface area contributed by atoms with E-state index in [0.717, 1.165) is 22.2 Å². The summed E-state index contributed by atoms with van der Waals surface area (Å²) in [6, 6.07) is 14.0. The Kier molecular flexibility index (Phi) is 6.04. The van der Waals surface area contributed by atoms with Gasteiger partial charge in [0.05, 0.1) is 23.6 Å². The van der Waals surface area contributed by atoms with Crippen molar-refractivity contribution in [3.8, 4) is 0 Å². The summed E-state index contributed by atoms with van der Waals surface area (Å²) in [5.74, 6) is 0.0374. The zero-order valence-corrected chi connectivity index (χ0v) is 16.2. The Labute approximate surface area is 163 Å². The molecule has 1 atom stereocenters. The number of benzene rings is 2. The van der Waals surface area contributed by atoms with Crippen molar-refractivity contribution in [2.75, 3.05) is 18.9 Å². The molecule has 0 radical (unpaired) electrons. The quantitative estimate of drug-likeness (QED) is 0.644. The summed E-state index contributed by atoms with van der Waals surface area (Å²) in [6.45, 7) is 1.15. The summed E-state index contributed by atoms with van der Waals surface area (Å²) in [7, 11) is 1.73. The number of aromatic nitrogens is 2. The average molecular weight is 386 g/mol. The van der Waals surface area contributed by atoms with Crippen molar-refractivity contribution in [2.24, 2.45) is 0 Å². The van der Waals surface area contributed by atoms with Crippen molar-refractivity contribution in [1.82, 2.24) is 14.5 Å². The second kappa shape index (κ2) is 8.48. The number of carbonyl (C=O) groups is 1. The highest BCUT2D eigenvalue weighted by atomic mass is 19.3. The Morgan fingerprint density at radius 1 is 1.18 bits per heavy atom. The fourth-order valence-electron chi connectivity index (χ4n) is 3.26. The van der Waals surface area contributed by atoms with Crippen LogP contribution in [0.25, 0.3) is 11.0 Å². The van der Waals surface area contributed by atoms with E-state index in [1.165, 1.54) is 0 Å². The van der Waals surface area contributed by atoms with E-state index in [4.69, 9.17) is 0 Å². The maximum absolute atomic E-state index is 13.7. The van der Waals surface area contributed by atoms with Crippen molar-refractivity contribution >= 4 is 22.6 Å². The Hall–Kier alpha value is -2.80. The molecule has 3 aromatic rings. The van der Waals surface area contributed by atoms with Crippen LogP contribution in [-0.4, -0.2) is 34.0 Å². The number of carbonyl (C=O) groups excluding carboxylic acids is 1. The van der Waals surface area contributed by atoms with Crippen molar-refractivity contribution in [2.45, 2.75) is 32.9 Å². The highest BCUT2D eigenvalue weighted by Gasteiger charge is 2.25. The number of alkyl halides is 2. The van der Waals surface area contributed by atoms with Crippen LogP contribution in [0, 0.1) is 0 Å². The first-order valence-electron chi connectivity index (χ1n) is 9.25. The molecular formula is C21H24F2N4O. The van der Waals surface area contributed by atoms with E-state index in [0.29, 0.717) is 11.0 Å². The van der Waals surface area contributed by atoms with Gasteiger partial charge in [-0.15, -0.1) is 0 Å². The standard InChI is InChI=1S/C21H24F2N4O/c1-4-15-9-5-6-10-16(15)24-19(28)13-26(3)14(2)20-25-17-11-7-8-12-18(17)27(20)21(22)23/h5-12,14,21H,4,13H2,1-3H3,(H,24,28). The van der Waals surface area contributed by atoms with Crippen molar-refractivity contribution in [1.29, 1.82) is 0 Å². The zero-order valence-electron chi connectivity index (χ0n) is 16.2. The van der Waals surface area contributed by atoms with Crippen LogP contribution in [0.3, 0.4) is 0 Å². The molecule has 1 amide bonds. The molecule has 7 heteroatoms. The fraction of sp³-hybridized carbons (Fsp3) is 0.333. The van der Waals surface area contributed by atoms with Crippen molar-refractivity contribution in [3.63, 3.8) is 0 Å². The third-order valence-electron chi connectivity index (χ3n) is 4.92. The molecule has 0 aliphatic carbocycles. The molecule has 1 N–H and O–H groups in total. The minimum atomic E-state index is -2.71. The number of amides is 1. The molecule has 0 spiro atoms. The van der Waals surface area contributed by atoms with Crippen LogP contribution in [0.2, 0.25) is 0 Å². The maximum atomic E-state index is 13.7. The van der Waals surface area contributed by atoms with Crippen LogP contribution in [0.1, 0.15) is 37.8 Å². The first-order valence-corrected chi connectivity index (χ1v) is 9.25. The lowest BCUT2D eigenvalue weighted by Crippen LogP contribution is -2.33. The number of imidazole rings is 1. The van der Waals surface area contributed by atoms with E-state index < -0.39 is 12.6 Å². The number of rotatable bonds is 7. The monoisotopic (exact) mass is 386 g/mol. The molecular weight excluding hydrogens is 362 g/mol. The molecule has 0 aliphatic heterocycles. The summed E-state index contributed by atoms with van der Waals surface area (Å²) in [5.41, 5.74) is 2.72. The summed E-state index contributed by atoms with van der Waals surface area (Å²) in [6.07, 6.45) is 0.807. The third kappa shape index (κ3) is 4.04. The first kappa shape index (κ1) is 19.9. The topological polar surface area (TPSA) is 50.2 Å². The van der Waals surface area contributed by atoms with Gasteiger partial charge in [0.25, 0.3) is 0 Å². The summed E-state index contributed by atoms with van der Waals surface area (Å²) >= 11 is 0. The van der Waals surface area contributed by atoms with E-state index >= 15 is 0 Å². The number of para-hydroxylation sites is 3. The summed E-state index contributed by atoms with van der Waals surface area (Å²) in [5, 5.41) is 2.91. The lowest BCUT2D eigenvalue weighted by Gasteiger charge is -2.24. The van der Waals surface area contributed by atoms with Gasteiger partial charge in [0.1, 0.15) is 5.82 Å². The number of nitrogens with one attached hydrogen (secondary N) is 1. The molecule has 3 rings (SSSR count). The Morgan fingerprint density at radius 2 is 1.86 bits per heavy atom. The molecule has 28 heavy (non-hydrogen) atoms. The lowest BCUT2D eigenvalue weighted by atomic mass is 10.1. The lowest BCUT2D eigenvalue weighted by molar-refractivity contribution is -0.117. The number of likely N-dealkylation sites (N-methyl/N-ethyl adjacent to an activating group) is 1. The van der Waals surface area contributed by atoms with Gasteiger partial charge in [0, 0.05) is 5.69 Å². The molecule has 0 saturated carbocycles. The van der Waals surface area contributed by atoms with E-state index in [1.54, 1.807) is 43.1 Å². The molecule has 0 fully saturated rings. The second-order valence-corrected chi connectivity index (χ2v) is 6.76. The molecule has 1 unspecified atom stereocenters. The largest absolute Gasteiger partial charge is 0.325 e. The van der Waals surface area contributed by atoms with Crippen LogP contribution in [0.5, 0.6) is 0 Å². The molecule has 0 saturated heterocycles. The van der Waals surface area contributed by atoms with Gasteiger partial charge in [-0.1, -0.05) is 37.3 Å². The Morgan fingerprint density at radius 3 is 2.57 bits per heavy atom. The van der Waals surface area contributed by atoms with Gasteiger partial charge in [-0.2, -0.15) is 8.78 Å². The normalized spacial score (nSPS) is 12.7. The van der Waals surface area contributed by atoms with Crippen LogP contribution in [-0.2, 0) is 11.2 Å². The van der Waals surface area contributed by atoms with Crippen LogP contribution in [0.15, 0.2) is 48.5 Å². The van der Waals surface area contributed by atoms with Gasteiger partial charge in [-0.3, -0.25) is 14.3 Å². The molecule has 5 nitrogen and oxygen atoms in total. The molecule has 1 aromatic heterocycles. The van der Waals surface area contributed by atoms with Crippen LogP contribution in [0.4, 0.5) is 14.5 Å². The van der Waals surface area contributed by atoms with E-state index in [1.807, 2.05) is 31.2 Å². The third-order valence-corrected chi connectivity index (χ3v) is 4.92. The highest BCUT2D eigenvalue weighted by Crippen LogP contribution is 2.28. The first-order chi connectivity index (χ1) is 13.4. The van der Waals surface area contributed by atoms with E-state index in [-0.39, 0.29) is 18.3 Å². The predicted octanol–water partition coefficient (Wildman–Crippen LogP) is 4.63. The minimum absolute atomic E-state index is 0.0612. The van der Waals surface area contributed by atoms with E-state index in [9.17, 15) is 13.6 Å². The second-order valence-electron chi connectivity index (χ2n) is 6.76. The molecule has 2 aromatic carbocycles. The fourth-order valence-corrected chi connectivity index (χ4v) is 3.26. The zero-order chi connectivity index (χ0) is 20.3. The number of hydrogen-bond donors (Lipinski definition) is 1. The van der Waals surface area contributed by atoms with Gasteiger partial charge < -0.3 is 5.32 Å². The molecule has 0 bridgehead atoms. The minimum Gasteiger partial charge on any atom is -0.325 e. The van der Waals surface area contributed by atoms with Gasteiger partial charge in [0.15, 0.2) is 0 Å². The van der Waals surface area contributed by atoms with E-state index in [2.05, 4.69) is 10.3 Å². The number of halogens is 2. The summed E-state index contributed by atoms with van der Waals surface area (Å²) in [4.78, 5) is 18.6. The maximum Gasteiger partial charge on any atom is 0.320 e. The number of nitrogens with zero attached hydrogens (tertiary/aromatic N) is 3. The van der Waals surface area contributed by atoms with Gasteiger partial charge in [0.2, 0.25) is 5.91 Å². The number of fused-ring (bicyclic) bond motifs is 1. The Balaban J connectivity index is 1.77. The smallest absolute Gasteiger partial charge is 0.320 e. The van der Waals surface area contributed by atoms with Crippen molar-refractivity contribution < 1.29 is 13.6 Å². The number of hydrogen-bond acceptors (Lipinski definition) is 3. The molecule has 1 heterocycles. The number of anilines is 1. The summed E-state index contributed by atoms with van der Waals surface area (Å²) < 4.78 is 28.3. The predicted molar refractivity (Wildman–Crippen MR) is 106 cm³/mol. The van der Waals surface area contributed by atoms with Crippen LogP contribution >= 0.6 is 0 Å².